The van der Waals surface area contributed by atoms with E-state index in [0.29, 0.717) is 11.3 Å². The number of benzene rings is 2. The van der Waals surface area contributed by atoms with E-state index in [9.17, 15) is 8.42 Å². The zero-order valence-corrected chi connectivity index (χ0v) is 14.6. The summed E-state index contributed by atoms with van der Waals surface area (Å²) < 4.78 is 37.8. The second-order valence-corrected chi connectivity index (χ2v) is 7.11. The standard InChI is InChI=1S/C17H17N3O4S/c1-12-7-9-13(10-8-12)25(21,22)18-11-16-19-20-17(24-16)14-5-3-4-6-15(14)23-2/h3-10,18H,11H2,1-2H3. The highest BCUT2D eigenvalue weighted by Crippen LogP contribution is 2.28. The monoisotopic (exact) mass is 359 g/mol. The number of hydrogen-bond donors (Lipinski definition) is 1. The molecule has 0 amide bonds. The average Bonchev–Trinajstić information content (AvgIpc) is 3.09. The molecule has 0 fully saturated rings. The molecule has 1 heterocycles. The summed E-state index contributed by atoms with van der Waals surface area (Å²) in [5.74, 6) is 1.02. The first-order valence-electron chi connectivity index (χ1n) is 7.52. The van der Waals surface area contributed by atoms with E-state index in [1.165, 1.54) is 0 Å². The molecule has 130 valence electrons. The van der Waals surface area contributed by atoms with Gasteiger partial charge in [-0.2, -0.15) is 0 Å². The molecule has 0 bridgehead atoms. The molecule has 0 saturated carbocycles. The number of aromatic nitrogens is 2. The van der Waals surface area contributed by atoms with Gasteiger partial charge in [-0.3, -0.25) is 0 Å². The van der Waals surface area contributed by atoms with Crippen molar-refractivity contribution in [3.8, 4) is 17.2 Å². The first-order valence-corrected chi connectivity index (χ1v) is 9.00. The third-order valence-electron chi connectivity index (χ3n) is 3.55. The summed E-state index contributed by atoms with van der Waals surface area (Å²) in [4.78, 5) is 0.183. The molecule has 0 aliphatic carbocycles. The quantitative estimate of drug-likeness (QED) is 0.727. The van der Waals surface area contributed by atoms with E-state index in [1.54, 1.807) is 43.5 Å². The Morgan fingerprint density at radius 3 is 2.52 bits per heavy atom. The lowest BCUT2D eigenvalue weighted by Crippen LogP contribution is -2.23. The van der Waals surface area contributed by atoms with Crippen molar-refractivity contribution >= 4 is 10.0 Å². The van der Waals surface area contributed by atoms with Gasteiger partial charge >= 0.3 is 0 Å². The maximum atomic E-state index is 12.3. The van der Waals surface area contributed by atoms with Crippen LogP contribution in [0.1, 0.15) is 11.5 Å². The summed E-state index contributed by atoms with van der Waals surface area (Å²) in [6.45, 7) is 1.79. The lowest BCUT2D eigenvalue weighted by atomic mass is 10.2. The van der Waals surface area contributed by atoms with Crippen molar-refractivity contribution < 1.29 is 17.6 Å². The smallest absolute Gasteiger partial charge is 0.251 e. The zero-order chi connectivity index (χ0) is 17.9. The van der Waals surface area contributed by atoms with Crippen LogP contribution in [0.3, 0.4) is 0 Å². The van der Waals surface area contributed by atoms with Crippen LogP contribution in [0.25, 0.3) is 11.5 Å². The number of para-hydroxylation sites is 1. The maximum absolute atomic E-state index is 12.3. The molecule has 3 aromatic rings. The largest absolute Gasteiger partial charge is 0.496 e. The van der Waals surface area contributed by atoms with Gasteiger partial charge in [0.15, 0.2) is 0 Å². The summed E-state index contributed by atoms with van der Waals surface area (Å²) in [6, 6.07) is 13.8. The van der Waals surface area contributed by atoms with Gasteiger partial charge in [0.05, 0.1) is 24.1 Å². The van der Waals surface area contributed by atoms with Crippen LogP contribution in [0, 0.1) is 6.92 Å². The highest BCUT2D eigenvalue weighted by Gasteiger charge is 2.17. The summed E-state index contributed by atoms with van der Waals surface area (Å²) in [7, 11) is -2.10. The van der Waals surface area contributed by atoms with Crippen LogP contribution in [0.15, 0.2) is 57.8 Å². The number of nitrogens with one attached hydrogen (secondary N) is 1. The number of ether oxygens (including phenoxy) is 1. The second-order valence-electron chi connectivity index (χ2n) is 5.34. The molecule has 3 rings (SSSR count). The van der Waals surface area contributed by atoms with Crippen LogP contribution >= 0.6 is 0 Å². The minimum atomic E-state index is -3.65. The van der Waals surface area contributed by atoms with E-state index in [4.69, 9.17) is 9.15 Å². The third-order valence-corrected chi connectivity index (χ3v) is 4.97. The Balaban J connectivity index is 1.75. The van der Waals surface area contributed by atoms with Crippen molar-refractivity contribution in [2.24, 2.45) is 0 Å². The number of aryl methyl sites for hydroxylation is 1. The Bertz CT molecular complexity index is 966. The zero-order valence-electron chi connectivity index (χ0n) is 13.8. The summed E-state index contributed by atoms with van der Waals surface area (Å²) in [6.07, 6.45) is 0. The maximum Gasteiger partial charge on any atom is 0.251 e. The normalized spacial score (nSPS) is 11.4. The van der Waals surface area contributed by atoms with Crippen LogP contribution in [0.2, 0.25) is 0 Å². The minimum Gasteiger partial charge on any atom is -0.496 e. The minimum absolute atomic E-state index is 0.0989. The Morgan fingerprint density at radius 2 is 1.80 bits per heavy atom. The van der Waals surface area contributed by atoms with Crippen molar-refractivity contribution in [2.45, 2.75) is 18.4 Å². The van der Waals surface area contributed by atoms with Crippen LogP contribution in [-0.2, 0) is 16.6 Å². The molecule has 0 atom stereocenters. The number of nitrogens with zero attached hydrogens (tertiary/aromatic N) is 2. The number of hydrogen-bond acceptors (Lipinski definition) is 6. The number of rotatable bonds is 6. The predicted octanol–water partition coefficient (Wildman–Crippen LogP) is 2.53. The van der Waals surface area contributed by atoms with Gasteiger partial charge in [0, 0.05) is 0 Å². The molecule has 1 N–H and O–H groups in total. The molecule has 0 saturated heterocycles. The van der Waals surface area contributed by atoms with Gasteiger partial charge in [-0.25, -0.2) is 13.1 Å². The molecule has 0 spiro atoms. The number of methoxy groups -OCH3 is 1. The fourth-order valence-electron chi connectivity index (χ4n) is 2.21. The topological polar surface area (TPSA) is 94.3 Å². The SMILES string of the molecule is COc1ccccc1-c1nnc(CNS(=O)(=O)c2ccc(C)cc2)o1. The summed E-state index contributed by atoms with van der Waals surface area (Å²) in [5.41, 5.74) is 1.63. The lowest BCUT2D eigenvalue weighted by Gasteiger charge is -2.05. The Kier molecular flexibility index (Phi) is 4.82. The number of sulfonamides is 1. The molecular formula is C17H17N3O4S. The van der Waals surface area contributed by atoms with Crippen molar-refractivity contribution in [1.29, 1.82) is 0 Å². The Labute approximate surface area is 145 Å². The van der Waals surface area contributed by atoms with Gasteiger partial charge in [-0.1, -0.05) is 29.8 Å². The summed E-state index contributed by atoms with van der Waals surface area (Å²) >= 11 is 0. The van der Waals surface area contributed by atoms with Crippen molar-refractivity contribution in [1.82, 2.24) is 14.9 Å². The first-order chi connectivity index (χ1) is 12.0. The van der Waals surface area contributed by atoms with E-state index in [1.807, 2.05) is 19.1 Å². The van der Waals surface area contributed by atoms with Crippen LogP contribution in [-0.4, -0.2) is 25.7 Å². The van der Waals surface area contributed by atoms with E-state index in [0.717, 1.165) is 5.56 Å². The molecule has 0 aliphatic heterocycles. The van der Waals surface area contributed by atoms with Crippen molar-refractivity contribution in [3.05, 3.63) is 60.0 Å². The van der Waals surface area contributed by atoms with Crippen LogP contribution in [0.5, 0.6) is 5.75 Å². The molecule has 7 nitrogen and oxygen atoms in total. The van der Waals surface area contributed by atoms with E-state index in [-0.39, 0.29) is 23.2 Å². The molecule has 1 aromatic heterocycles. The first kappa shape index (κ1) is 17.1. The van der Waals surface area contributed by atoms with E-state index in [2.05, 4.69) is 14.9 Å². The van der Waals surface area contributed by atoms with Crippen LogP contribution < -0.4 is 9.46 Å². The molecule has 0 unspecified atom stereocenters. The fraction of sp³-hybridized carbons (Fsp3) is 0.176. The predicted molar refractivity (Wildman–Crippen MR) is 91.5 cm³/mol. The average molecular weight is 359 g/mol. The molecule has 0 aliphatic rings. The van der Waals surface area contributed by atoms with Gasteiger partial charge in [-0.15, -0.1) is 10.2 Å². The van der Waals surface area contributed by atoms with Crippen LogP contribution in [0.4, 0.5) is 0 Å². The van der Waals surface area contributed by atoms with Gasteiger partial charge in [-0.05, 0) is 31.2 Å². The second kappa shape index (κ2) is 7.04. The van der Waals surface area contributed by atoms with Gasteiger partial charge < -0.3 is 9.15 Å². The highest BCUT2D eigenvalue weighted by atomic mass is 32.2. The Hall–Kier alpha value is -2.71. The lowest BCUT2D eigenvalue weighted by molar-refractivity contribution is 0.413. The molecule has 8 heteroatoms. The van der Waals surface area contributed by atoms with Gasteiger partial charge in [0.25, 0.3) is 5.89 Å². The van der Waals surface area contributed by atoms with Gasteiger partial charge in [0.2, 0.25) is 15.9 Å². The van der Waals surface area contributed by atoms with Crippen molar-refractivity contribution in [3.63, 3.8) is 0 Å². The van der Waals surface area contributed by atoms with E-state index >= 15 is 0 Å². The molecule has 25 heavy (non-hydrogen) atoms. The third kappa shape index (κ3) is 3.86. The fourth-order valence-corrected chi connectivity index (χ4v) is 3.19. The Morgan fingerprint density at radius 1 is 1.08 bits per heavy atom. The summed E-state index contributed by atoms with van der Waals surface area (Å²) in [5, 5.41) is 7.83. The molecule has 2 aromatic carbocycles. The highest BCUT2D eigenvalue weighted by molar-refractivity contribution is 7.89. The molecule has 0 radical (unpaired) electrons. The van der Waals surface area contributed by atoms with Gasteiger partial charge in [0.1, 0.15) is 5.75 Å². The van der Waals surface area contributed by atoms with E-state index < -0.39 is 10.0 Å². The van der Waals surface area contributed by atoms with Crippen molar-refractivity contribution in [2.75, 3.05) is 7.11 Å². The molecular weight excluding hydrogens is 342 g/mol.